The highest BCUT2D eigenvalue weighted by molar-refractivity contribution is 6.10. The maximum absolute atomic E-state index is 12.8. The number of halogens is 1. The van der Waals surface area contributed by atoms with Gasteiger partial charge in [0.05, 0.1) is 18.4 Å². The number of para-hydroxylation sites is 1. The predicted molar refractivity (Wildman–Crippen MR) is 121 cm³/mol. The molecular weight excluding hydrogens is 402 g/mol. The zero-order valence-electron chi connectivity index (χ0n) is 17.0. The number of hydrogen-bond acceptors (Lipinski definition) is 4. The number of ether oxygens (including phenoxy) is 1. The average Bonchev–Trinajstić information content (AvgIpc) is 3.07. The molecule has 2 fully saturated rings. The van der Waals surface area contributed by atoms with E-state index in [0.29, 0.717) is 41.4 Å². The van der Waals surface area contributed by atoms with Crippen LogP contribution in [0, 0.1) is 5.92 Å². The number of carbonyl (C=O) groups is 2. The fourth-order valence-electron chi connectivity index (χ4n) is 4.47. The molecule has 7 heteroatoms. The SMILES string of the molecule is COc1ccc(NC(=O)c2ccccc2NC(=O)CC2CC3CCC(C2)N3)cc1.Cl. The summed E-state index contributed by atoms with van der Waals surface area (Å²) in [7, 11) is 1.60. The van der Waals surface area contributed by atoms with Gasteiger partial charge in [0.25, 0.3) is 5.91 Å². The summed E-state index contributed by atoms with van der Waals surface area (Å²) >= 11 is 0. The third-order valence-corrected chi connectivity index (χ3v) is 5.84. The van der Waals surface area contributed by atoms with Crippen molar-refractivity contribution in [2.45, 2.75) is 44.2 Å². The Hall–Kier alpha value is -2.57. The van der Waals surface area contributed by atoms with Crippen molar-refractivity contribution in [1.29, 1.82) is 0 Å². The second-order valence-corrected chi connectivity index (χ2v) is 7.96. The maximum Gasteiger partial charge on any atom is 0.257 e. The molecule has 2 bridgehead atoms. The van der Waals surface area contributed by atoms with Crippen molar-refractivity contribution in [3.05, 3.63) is 54.1 Å². The molecule has 3 N–H and O–H groups in total. The molecule has 2 unspecified atom stereocenters. The number of fused-ring (bicyclic) bond motifs is 2. The molecule has 2 amide bonds. The van der Waals surface area contributed by atoms with E-state index in [2.05, 4.69) is 16.0 Å². The number of benzene rings is 2. The van der Waals surface area contributed by atoms with Crippen LogP contribution in [0.2, 0.25) is 0 Å². The van der Waals surface area contributed by atoms with Gasteiger partial charge in [0.15, 0.2) is 0 Å². The van der Waals surface area contributed by atoms with E-state index in [1.807, 2.05) is 6.07 Å². The number of nitrogens with one attached hydrogen (secondary N) is 3. The van der Waals surface area contributed by atoms with Crippen LogP contribution < -0.4 is 20.7 Å². The molecule has 0 radical (unpaired) electrons. The lowest BCUT2D eigenvalue weighted by Crippen LogP contribution is -2.39. The second-order valence-electron chi connectivity index (χ2n) is 7.96. The van der Waals surface area contributed by atoms with Crippen LogP contribution in [0.5, 0.6) is 5.75 Å². The fourth-order valence-corrected chi connectivity index (χ4v) is 4.47. The van der Waals surface area contributed by atoms with Crippen LogP contribution >= 0.6 is 12.4 Å². The number of methoxy groups -OCH3 is 1. The lowest BCUT2D eigenvalue weighted by Gasteiger charge is -2.28. The molecule has 160 valence electrons. The zero-order chi connectivity index (χ0) is 20.2. The molecule has 2 saturated heterocycles. The van der Waals surface area contributed by atoms with Crippen LogP contribution in [0.15, 0.2) is 48.5 Å². The number of piperidine rings is 1. The van der Waals surface area contributed by atoms with Gasteiger partial charge < -0.3 is 20.7 Å². The summed E-state index contributed by atoms with van der Waals surface area (Å²) in [6.45, 7) is 0. The highest BCUT2D eigenvalue weighted by Crippen LogP contribution is 2.33. The van der Waals surface area contributed by atoms with E-state index >= 15 is 0 Å². The zero-order valence-corrected chi connectivity index (χ0v) is 17.8. The molecule has 2 atom stereocenters. The van der Waals surface area contributed by atoms with Gasteiger partial charge in [-0.15, -0.1) is 12.4 Å². The lowest BCUT2D eigenvalue weighted by molar-refractivity contribution is -0.117. The van der Waals surface area contributed by atoms with Gasteiger partial charge in [-0.1, -0.05) is 12.1 Å². The Balaban J connectivity index is 0.00000256. The van der Waals surface area contributed by atoms with E-state index in [9.17, 15) is 9.59 Å². The number of anilines is 2. The van der Waals surface area contributed by atoms with Crippen molar-refractivity contribution in [3.63, 3.8) is 0 Å². The summed E-state index contributed by atoms with van der Waals surface area (Å²) in [5.74, 6) is 0.850. The summed E-state index contributed by atoms with van der Waals surface area (Å²) in [4.78, 5) is 25.4. The van der Waals surface area contributed by atoms with Crippen LogP contribution in [-0.4, -0.2) is 31.0 Å². The molecule has 0 spiro atoms. The first kappa shape index (κ1) is 22.1. The molecule has 2 aromatic rings. The average molecular weight is 430 g/mol. The quantitative estimate of drug-likeness (QED) is 0.642. The fraction of sp³-hybridized carbons (Fsp3) is 0.391. The van der Waals surface area contributed by atoms with E-state index in [1.54, 1.807) is 49.6 Å². The highest BCUT2D eigenvalue weighted by atomic mass is 35.5. The van der Waals surface area contributed by atoms with Gasteiger partial charge in [-0.2, -0.15) is 0 Å². The number of rotatable bonds is 6. The van der Waals surface area contributed by atoms with Gasteiger partial charge >= 0.3 is 0 Å². The van der Waals surface area contributed by atoms with Crippen molar-refractivity contribution >= 4 is 35.6 Å². The van der Waals surface area contributed by atoms with Gasteiger partial charge in [0.1, 0.15) is 5.75 Å². The predicted octanol–water partition coefficient (Wildman–Crippen LogP) is 4.23. The van der Waals surface area contributed by atoms with Crippen molar-refractivity contribution in [3.8, 4) is 5.75 Å². The minimum Gasteiger partial charge on any atom is -0.497 e. The first-order chi connectivity index (χ1) is 14.1. The maximum atomic E-state index is 12.8. The van der Waals surface area contributed by atoms with Crippen LogP contribution in [0.25, 0.3) is 0 Å². The van der Waals surface area contributed by atoms with Crippen LogP contribution in [0.3, 0.4) is 0 Å². The van der Waals surface area contributed by atoms with Crippen molar-refractivity contribution in [1.82, 2.24) is 5.32 Å². The lowest BCUT2D eigenvalue weighted by atomic mass is 9.89. The van der Waals surface area contributed by atoms with Gasteiger partial charge in [0, 0.05) is 24.2 Å². The number of carbonyl (C=O) groups excluding carboxylic acids is 2. The molecule has 2 aromatic carbocycles. The molecule has 2 aliphatic rings. The monoisotopic (exact) mass is 429 g/mol. The van der Waals surface area contributed by atoms with Gasteiger partial charge in [-0.05, 0) is 68.0 Å². The van der Waals surface area contributed by atoms with Crippen molar-refractivity contribution in [2.75, 3.05) is 17.7 Å². The molecular formula is C23H28ClN3O3. The largest absolute Gasteiger partial charge is 0.497 e. The Labute approximate surface area is 183 Å². The molecule has 6 nitrogen and oxygen atoms in total. The molecule has 4 rings (SSSR count). The summed E-state index contributed by atoms with van der Waals surface area (Å²) in [5, 5.41) is 9.43. The Morgan fingerprint density at radius 1 is 1.00 bits per heavy atom. The number of amides is 2. The van der Waals surface area contributed by atoms with Crippen molar-refractivity contribution < 1.29 is 14.3 Å². The molecule has 0 saturated carbocycles. The van der Waals surface area contributed by atoms with E-state index in [0.717, 1.165) is 18.6 Å². The standard InChI is InChI=1S/C23H27N3O3.ClH/c1-29-19-10-8-16(9-11-19)25-23(28)20-4-2-3-5-21(20)26-22(27)14-15-12-17-6-7-18(13-15)24-17;/h2-5,8-11,15,17-18,24H,6-7,12-14H2,1H3,(H,25,28)(H,26,27);1H. The van der Waals surface area contributed by atoms with Gasteiger partial charge in [-0.3, -0.25) is 9.59 Å². The van der Waals surface area contributed by atoms with E-state index in [-0.39, 0.29) is 24.2 Å². The van der Waals surface area contributed by atoms with Gasteiger partial charge in [0.2, 0.25) is 5.91 Å². The summed E-state index contributed by atoms with van der Waals surface area (Å²) in [5.41, 5.74) is 1.66. The molecule has 0 aliphatic carbocycles. The Morgan fingerprint density at radius 2 is 1.67 bits per heavy atom. The molecule has 30 heavy (non-hydrogen) atoms. The Bertz CT molecular complexity index is 876. The Kier molecular flexibility index (Phi) is 7.34. The van der Waals surface area contributed by atoms with E-state index in [4.69, 9.17) is 4.74 Å². The van der Waals surface area contributed by atoms with Crippen LogP contribution in [-0.2, 0) is 4.79 Å². The smallest absolute Gasteiger partial charge is 0.257 e. The van der Waals surface area contributed by atoms with E-state index < -0.39 is 0 Å². The number of hydrogen-bond donors (Lipinski definition) is 3. The van der Waals surface area contributed by atoms with Gasteiger partial charge in [-0.25, -0.2) is 0 Å². The Morgan fingerprint density at radius 3 is 2.33 bits per heavy atom. The summed E-state index contributed by atoms with van der Waals surface area (Å²) in [6, 6.07) is 15.4. The summed E-state index contributed by atoms with van der Waals surface area (Å²) < 4.78 is 5.14. The topological polar surface area (TPSA) is 79.5 Å². The summed E-state index contributed by atoms with van der Waals surface area (Å²) in [6.07, 6.45) is 5.06. The first-order valence-electron chi connectivity index (χ1n) is 10.2. The second kappa shape index (κ2) is 9.96. The normalized spacial score (nSPS) is 22.0. The first-order valence-corrected chi connectivity index (χ1v) is 10.2. The molecule has 2 heterocycles. The van der Waals surface area contributed by atoms with Crippen LogP contribution in [0.1, 0.15) is 42.5 Å². The third kappa shape index (κ3) is 5.32. The third-order valence-electron chi connectivity index (χ3n) is 5.84. The minimum absolute atomic E-state index is 0. The minimum atomic E-state index is -0.258. The highest BCUT2D eigenvalue weighted by Gasteiger charge is 2.34. The van der Waals surface area contributed by atoms with Crippen molar-refractivity contribution in [2.24, 2.45) is 5.92 Å². The van der Waals surface area contributed by atoms with Crippen LogP contribution in [0.4, 0.5) is 11.4 Å². The molecule has 2 aliphatic heterocycles. The molecule has 0 aromatic heterocycles. The van der Waals surface area contributed by atoms with E-state index in [1.165, 1.54) is 12.8 Å².